The first-order chi connectivity index (χ1) is 14.5. The van der Waals surface area contributed by atoms with Crippen LogP contribution in [0.15, 0.2) is 12.1 Å². The van der Waals surface area contributed by atoms with E-state index in [1.165, 1.54) is 7.05 Å². The monoisotopic (exact) mass is 437 g/mol. The number of carbonyl (C=O) groups is 2. The van der Waals surface area contributed by atoms with Crippen LogP contribution in [-0.4, -0.2) is 48.4 Å². The van der Waals surface area contributed by atoms with Crippen LogP contribution < -0.4 is 15.5 Å². The number of anilines is 1. The molecule has 0 fully saturated rings. The highest BCUT2D eigenvalue weighted by Gasteiger charge is 2.35. The van der Waals surface area contributed by atoms with E-state index in [4.69, 9.17) is 0 Å². The zero-order valence-corrected chi connectivity index (χ0v) is 18.1. The van der Waals surface area contributed by atoms with Gasteiger partial charge in [-0.25, -0.2) is 18.0 Å². The van der Waals surface area contributed by atoms with Gasteiger partial charge in [0.2, 0.25) is 5.91 Å². The van der Waals surface area contributed by atoms with Gasteiger partial charge in [0.25, 0.3) is 0 Å². The summed E-state index contributed by atoms with van der Waals surface area (Å²) < 4.78 is 42.9. The fourth-order valence-corrected chi connectivity index (χ4v) is 3.72. The van der Waals surface area contributed by atoms with Crippen LogP contribution >= 0.6 is 0 Å². The fraction of sp³-hybridized carbons (Fsp3) is 0.476. The van der Waals surface area contributed by atoms with Crippen LogP contribution in [-0.2, 0) is 11.2 Å². The number of hydrogen-bond acceptors (Lipinski definition) is 4. The summed E-state index contributed by atoms with van der Waals surface area (Å²) in [5.41, 5.74) is 0.188. The normalized spacial score (nSPS) is 14.8. The van der Waals surface area contributed by atoms with Crippen molar-refractivity contribution in [1.82, 2.24) is 20.4 Å². The average Bonchev–Trinajstić information content (AvgIpc) is 3.08. The minimum absolute atomic E-state index is 0.0380. The Kier molecular flexibility index (Phi) is 6.02. The van der Waals surface area contributed by atoms with Crippen molar-refractivity contribution in [3.8, 4) is 11.3 Å². The molecular weight excluding hydrogens is 411 g/mol. The van der Waals surface area contributed by atoms with Crippen molar-refractivity contribution in [2.24, 2.45) is 5.41 Å². The molecule has 2 aromatic rings. The number of nitrogens with zero attached hydrogens (tertiary/aromatic N) is 3. The Morgan fingerprint density at radius 1 is 1.13 bits per heavy atom. The van der Waals surface area contributed by atoms with Crippen LogP contribution in [0.5, 0.6) is 0 Å². The van der Waals surface area contributed by atoms with Gasteiger partial charge in [0.15, 0.2) is 11.6 Å². The maximum atomic E-state index is 14.5. The average molecular weight is 437 g/mol. The summed E-state index contributed by atoms with van der Waals surface area (Å²) in [7, 11) is 3.23. The molecule has 0 saturated heterocycles. The van der Waals surface area contributed by atoms with Gasteiger partial charge in [-0.15, -0.1) is 0 Å². The second-order valence-electron chi connectivity index (χ2n) is 8.69. The van der Waals surface area contributed by atoms with Crippen molar-refractivity contribution in [2.45, 2.75) is 39.7 Å². The second-order valence-corrected chi connectivity index (χ2v) is 8.69. The van der Waals surface area contributed by atoms with Gasteiger partial charge in [0.05, 0.1) is 11.4 Å². The van der Waals surface area contributed by atoms with Gasteiger partial charge in [-0.1, -0.05) is 20.8 Å². The zero-order chi connectivity index (χ0) is 23.1. The van der Waals surface area contributed by atoms with Gasteiger partial charge in [-0.05, 0) is 24.3 Å². The van der Waals surface area contributed by atoms with Crippen molar-refractivity contribution in [3.05, 3.63) is 35.3 Å². The standard InChI is InChI=1S/C21H26F3N5O2/c1-21(2,3)18(19(30)25-4)26-20(31)29-15-7-6-8-28(5)17(15)16(27-29)11-9-13(23)14(24)10-12(11)22/h9-10,18H,6-8H2,1-5H3,(H,25,30)(H,26,31). The van der Waals surface area contributed by atoms with Crippen LogP contribution in [0.25, 0.3) is 11.3 Å². The summed E-state index contributed by atoms with van der Waals surface area (Å²) in [4.78, 5) is 27.2. The van der Waals surface area contributed by atoms with Gasteiger partial charge in [-0.2, -0.15) is 9.78 Å². The summed E-state index contributed by atoms with van der Waals surface area (Å²) in [6.45, 7) is 6.05. The lowest BCUT2D eigenvalue weighted by Gasteiger charge is -2.30. The van der Waals surface area contributed by atoms with Gasteiger partial charge < -0.3 is 15.5 Å². The molecule has 0 aliphatic carbocycles. The summed E-state index contributed by atoms with van der Waals surface area (Å²) >= 11 is 0. The van der Waals surface area contributed by atoms with E-state index in [0.29, 0.717) is 30.4 Å². The van der Waals surface area contributed by atoms with Gasteiger partial charge in [-0.3, -0.25) is 4.79 Å². The molecule has 7 nitrogen and oxygen atoms in total. The summed E-state index contributed by atoms with van der Waals surface area (Å²) in [5, 5.41) is 9.49. The molecule has 1 aromatic carbocycles. The SMILES string of the molecule is CNC(=O)C(NC(=O)n1nc(-c2cc(F)c(F)cc2F)c2c1CCCN2C)C(C)(C)C. The van der Waals surface area contributed by atoms with Crippen molar-refractivity contribution >= 4 is 17.6 Å². The third-order valence-corrected chi connectivity index (χ3v) is 5.34. The molecule has 168 valence electrons. The van der Waals surface area contributed by atoms with Crippen molar-refractivity contribution in [2.75, 3.05) is 25.5 Å². The Morgan fingerprint density at radius 2 is 1.77 bits per heavy atom. The number of rotatable bonds is 3. The lowest BCUT2D eigenvalue weighted by atomic mass is 9.86. The summed E-state index contributed by atoms with van der Waals surface area (Å²) in [6, 6.07) is -0.320. The smallest absolute Gasteiger partial charge is 0.343 e. The maximum absolute atomic E-state index is 14.5. The number of aromatic nitrogens is 2. The topological polar surface area (TPSA) is 79.3 Å². The van der Waals surface area contributed by atoms with E-state index in [1.54, 1.807) is 11.9 Å². The van der Waals surface area contributed by atoms with E-state index in [9.17, 15) is 22.8 Å². The number of halogens is 3. The Balaban J connectivity index is 2.11. The fourth-order valence-electron chi connectivity index (χ4n) is 3.72. The van der Waals surface area contributed by atoms with Gasteiger partial charge in [0.1, 0.15) is 17.6 Å². The molecule has 0 spiro atoms. The second kappa shape index (κ2) is 8.24. The Hall–Kier alpha value is -3.04. The highest BCUT2D eigenvalue weighted by atomic mass is 19.2. The molecule has 3 rings (SSSR count). The van der Waals surface area contributed by atoms with Crippen molar-refractivity contribution in [1.29, 1.82) is 0 Å². The van der Waals surface area contributed by atoms with E-state index in [0.717, 1.165) is 17.2 Å². The minimum Gasteiger partial charge on any atom is -0.371 e. The number of carbonyl (C=O) groups excluding carboxylic acids is 2. The number of nitrogens with one attached hydrogen (secondary N) is 2. The first-order valence-electron chi connectivity index (χ1n) is 9.96. The third-order valence-electron chi connectivity index (χ3n) is 5.34. The van der Waals surface area contributed by atoms with Crippen LogP contribution in [0, 0.1) is 22.9 Å². The van der Waals surface area contributed by atoms with E-state index in [1.807, 2.05) is 20.8 Å². The van der Waals surface area contributed by atoms with Gasteiger partial charge in [0, 0.05) is 32.3 Å². The quantitative estimate of drug-likeness (QED) is 0.724. The Bertz CT molecular complexity index is 1030. The van der Waals surface area contributed by atoms with Crippen LogP contribution in [0.2, 0.25) is 0 Å². The number of benzene rings is 1. The van der Waals surface area contributed by atoms with Crippen molar-refractivity contribution < 1.29 is 22.8 Å². The van der Waals surface area contributed by atoms with Crippen LogP contribution in [0.3, 0.4) is 0 Å². The lowest BCUT2D eigenvalue weighted by Crippen LogP contribution is -2.54. The largest absolute Gasteiger partial charge is 0.371 e. The first-order valence-corrected chi connectivity index (χ1v) is 9.96. The maximum Gasteiger partial charge on any atom is 0.343 e. The zero-order valence-electron chi connectivity index (χ0n) is 18.1. The number of amides is 2. The number of hydrogen-bond donors (Lipinski definition) is 2. The molecule has 10 heteroatoms. The molecule has 0 radical (unpaired) electrons. The minimum atomic E-state index is -1.31. The van der Waals surface area contributed by atoms with Crippen LogP contribution in [0.1, 0.15) is 32.9 Å². The molecule has 0 saturated carbocycles. The highest BCUT2D eigenvalue weighted by Crippen LogP contribution is 2.38. The molecule has 1 aliphatic heterocycles. The highest BCUT2D eigenvalue weighted by molar-refractivity contribution is 5.90. The third kappa shape index (κ3) is 4.24. The molecule has 2 N–H and O–H groups in total. The molecule has 2 heterocycles. The lowest BCUT2D eigenvalue weighted by molar-refractivity contribution is -0.124. The molecule has 1 unspecified atom stereocenters. The Morgan fingerprint density at radius 3 is 2.39 bits per heavy atom. The predicted molar refractivity (Wildman–Crippen MR) is 110 cm³/mol. The molecule has 31 heavy (non-hydrogen) atoms. The molecule has 1 aromatic heterocycles. The van der Waals surface area contributed by atoms with E-state index in [2.05, 4.69) is 15.7 Å². The number of likely N-dealkylation sites (N-methyl/N-ethyl adjacent to an activating group) is 1. The first kappa shape index (κ1) is 22.6. The molecule has 2 amide bonds. The Labute approximate surface area is 178 Å². The summed E-state index contributed by atoms with van der Waals surface area (Å²) in [5.74, 6) is -3.87. The van der Waals surface area contributed by atoms with E-state index >= 15 is 0 Å². The molecule has 1 atom stereocenters. The summed E-state index contributed by atoms with van der Waals surface area (Å²) in [6.07, 6.45) is 1.20. The van der Waals surface area contributed by atoms with Gasteiger partial charge >= 0.3 is 6.03 Å². The van der Waals surface area contributed by atoms with E-state index < -0.39 is 34.9 Å². The van der Waals surface area contributed by atoms with E-state index in [-0.39, 0.29) is 17.2 Å². The molecular formula is C21H26F3N5O2. The molecule has 0 bridgehead atoms. The number of fused-ring (bicyclic) bond motifs is 1. The van der Waals surface area contributed by atoms with Crippen molar-refractivity contribution in [3.63, 3.8) is 0 Å². The predicted octanol–water partition coefficient (Wildman–Crippen LogP) is 3.07. The van der Waals surface area contributed by atoms with Crippen LogP contribution in [0.4, 0.5) is 23.7 Å². The molecule has 1 aliphatic rings.